The topological polar surface area (TPSA) is 52.3 Å². The maximum atomic E-state index is 11.0. The van der Waals surface area contributed by atoms with E-state index in [1.807, 2.05) is 30.3 Å². The van der Waals surface area contributed by atoms with E-state index in [0.29, 0.717) is 6.61 Å². The highest BCUT2D eigenvalue weighted by Gasteiger charge is 2.01. The minimum absolute atomic E-state index is 0.160. The number of rotatable bonds is 5. The molecule has 0 saturated heterocycles. The summed E-state index contributed by atoms with van der Waals surface area (Å²) in [4.78, 5) is 11.0. The first-order chi connectivity index (χ1) is 7.72. The van der Waals surface area contributed by atoms with E-state index in [1.54, 1.807) is 13.0 Å². The molecule has 2 N–H and O–H groups in total. The fourth-order valence-electron chi connectivity index (χ4n) is 1.35. The van der Waals surface area contributed by atoms with Gasteiger partial charge in [-0.25, -0.2) is 4.79 Å². The summed E-state index contributed by atoms with van der Waals surface area (Å²) >= 11 is 0. The number of nitrogens with two attached hydrogens (primary N) is 1. The molecular weight excluding hydrogens is 202 g/mol. The van der Waals surface area contributed by atoms with Crippen molar-refractivity contribution in [3.05, 3.63) is 48.0 Å². The van der Waals surface area contributed by atoms with Crippen LogP contribution in [-0.4, -0.2) is 18.6 Å². The minimum atomic E-state index is -0.342. The molecule has 3 nitrogen and oxygen atoms in total. The van der Waals surface area contributed by atoms with Crippen molar-refractivity contribution in [2.75, 3.05) is 6.61 Å². The molecule has 0 unspecified atom stereocenters. The Morgan fingerprint density at radius 2 is 2.12 bits per heavy atom. The Morgan fingerprint density at radius 1 is 1.44 bits per heavy atom. The Morgan fingerprint density at radius 3 is 2.75 bits per heavy atom. The number of ether oxygens (including phenoxy) is 1. The number of carbonyl (C=O) groups is 1. The molecule has 1 aromatic carbocycles. The molecule has 86 valence electrons. The van der Waals surface area contributed by atoms with Crippen molar-refractivity contribution in [2.45, 2.75) is 19.4 Å². The normalized spacial score (nSPS) is 12.6. The Balaban J connectivity index is 2.41. The van der Waals surface area contributed by atoms with Crippen molar-refractivity contribution in [3.8, 4) is 0 Å². The van der Waals surface area contributed by atoms with Gasteiger partial charge in [-0.1, -0.05) is 36.4 Å². The van der Waals surface area contributed by atoms with Gasteiger partial charge in [0.1, 0.15) is 0 Å². The number of benzene rings is 1. The molecule has 0 spiro atoms. The summed E-state index contributed by atoms with van der Waals surface area (Å²) < 4.78 is 4.76. The molecule has 0 aliphatic rings. The highest BCUT2D eigenvalue weighted by atomic mass is 16.5. The van der Waals surface area contributed by atoms with E-state index < -0.39 is 0 Å². The van der Waals surface area contributed by atoms with Gasteiger partial charge < -0.3 is 10.5 Å². The van der Waals surface area contributed by atoms with Crippen LogP contribution in [0.2, 0.25) is 0 Å². The van der Waals surface area contributed by atoms with Crippen LogP contribution in [0.3, 0.4) is 0 Å². The van der Waals surface area contributed by atoms with Crippen LogP contribution < -0.4 is 5.73 Å². The van der Waals surface area contributed by atoms with Crippen LogP contribution in [0.4, 0.5) is 0 Å². The summed E-state index contributed by atoms with van der Waals surface area (Å²) in [5.41, 5.74) is 7.01. The maximum absolute atomic E-state index is 11.0. The molecule has 0 aliphatic carbocycles. The molecule has 0 amide bonds. The number of hydrogen-bond donors (Lipinski definition) is 1. The lowest BCUT2D eigenvalue weighted by Gasteiger charge is -2.06. The molecule has 0 bridgehead atoms. The number of hydrogen-bond acceptors (Lipinski definition) is 3. The maximum Gasteiger partial charge on any atom is 0.330 e. The first kappa shape index (κ1) is 12.5. The van der Waals surface area contributed by atoms with Gasteiger partial charge in [-0.2, -0.15) is 0 Å². The van der Waals surface area contributed by atoms with Crippen molar-refractivity contribution < 1.29 is 9.53 Å². The predicted molar refractivity (Wildman–Crippen MR) is 63.9 cm³/mol. The second-order valence-electron chi connectivity index (χ2n) is 3.46. The van der Waals surface area contributed by atoms with Crippen molar-refractivity contribution in [3.63, 3.8) is 0 Å². The van der Waals surface area contributed by atoms with Crippen LogP contribution in [0.5, 0.6) is 0 Å². The molecule has 16 heavy (non-hydrogen) atoms. The molecular formula is C13H17NO2. The van der Waals surface area contributed by atoms with Gasteiger partial charge >= 0.3 is 5.97 Å². The average Bonchev–Trinajstić information content (AvgIpc) is 2.28. The predicted octanol–water partition coefficient (Wildman–Crippen LogP) is 1.68. The highest BCUT2D eigenvalue weighted by Crippen LogP contribution is 2.02. The molecule has 0 heterocycles. The quantitative estimate of drug-likeness (QED) is 0.605. The van der Waals surface area contributed by atoms with Crippen LogP contribution in [-0.2, 0) is 16.0 Å². The van der Waals surface area contributed by atoms with Crippen LogP contribution in [0.15, 0.2) is 42.5 Å². The zero-order valence-electron chi connectivity index (χ0n) is 9.43. The number of carbonyl (C=O) groups excluding carboxylic acids is 1. The van der Waals surface area contributed by atoms with Crippen LogP contribution >= 0.6 is 0 Å². The van der Waals surface area contributed by atoms with Gasteiger partial charge in [0.2, 0.25) is 0 Å². The third kappa shape index (κ3) is 4.75. The van der Waals surface area contributed by atoms with Gasteiger partial charge in [0.15, 0.2) is 0 Å². The number of esters is 1. The molecule has 3 heteroatoms. The van der Waals surface area contributed by atoms with E-state index in [-0.39, 0.29) is 12.0 Å². The van der Waals surface area contributed by atoms with E-state index in [9.17, 15) is 4.79 Å². The summed E-state index contributed by atoms with van der Waals surface area (Å²) in [5.74, 6) is -0.342. The third-order valence-corrected chi connectivity index (χ3v) is 2.08. The Hall–Kier alpha value is -1.61. The third-order valence-electron chi connectivity index (χ3n) is 2.08. The standard InChI is InChI=1S/C13H17NO2/c1-2-16-13(15)9-8-12(14)10-11-6-4-3-5-7-11/h3-9,12H,2,10,14H2,1H3/b9-8+/t12-/m1/s1. The lowest BCUT2D eigenvalue weighted by Crippen LogP contribution is -2.20. The Labute approximate surface area is 95.9 Å². The fraction of sp³-hybridized carbons (Fsp3) is 0.308. The van der Waals surface area contributed by atoms with Gasteiger partial charge in [-0.05, 0) is 18.9 Å². The molecule has 0 saturated carbocycles. The summed E-state index contributed by atoms with van der Waals surface area (Å²) in [6, 6.07) is 9.76. The van der Waals surface area contributed by atoms with E-state index in [1.165, 1.54) is 6.08 Å². The lowest BCUT2D eigenvalue weighted by atomic mass is 10.1. The first-order valence-corrected chi connectivity index (χ1v) is 5.37. The molecule has 1 aromatic rings. The monoisotopic (exact) mass is 219 g/mol. The Bertz CT molecular complexity index is 346. The fourth-order valence-corrected chi connectivity index (χ4v) is 1.35. The van der Waals surface area contributed by atoms with Crippen molar-refractivity contribution in [1.29, 1.82) is 0 Å². The van der Waals surface area contributed by atoms with Crippen LogP contribution in [0.25, 0.3) is 0 Å². The molecule has 0 aromatic heterocycles. The van der Waals surface area contributed by atoms with Gasteiger partial charge in [0.25, 0.3) is 0 Å². The second-order valence-corrected chi connectivity index (χ2v) is 3.46. The zero-order valence-corrected chi connectivity index (χ0v) is 9.43. The summed E-state index contributed by atoms with van der Waals surface area (Å²) in [5, 5.41) is 0. The smallest absolute Gasteiger partial charge is 0.330 e. The van der Waals surface area contributed by atoms with Gasteiger partial charge in [0, 0.05) is 12.1 Å². The van der Waals surface area contributed by atoms with Crippen molar-refractivity contribution in [1.82, 2.24) is 0 Å². The Kier molecular flexibility index (Phi) is 5.29. The zero-order chi connectivity index (χ0) is 11.8. The molecule has 1 rings (SSSR count). The largest absolute Gasteiger partial charge is 0.463 e. The SMILES string of the molecule is CCOC(=O)/C=C/[C@@H](N)Cc1ccccc1. The lowest BCUT2D eigenvalue weighted by molar-refractivity contribution is -0.137. The van der Waals surface area contributed by atoms with Crippen LogP contribution in [0, 0.1) is 0 Å². The summed E-state index contributed by atoms with van der Waals surface area (Å²) in [6.45, 7) is 2.16. The first-order valence-electron chi connectivity index (χ1n) is 5.37. The average molecular weight is 219 g/mol. The van der Waals surface area contributed by atoms with Gasteiger partial charge in [0.05, 0.1) is 6.61 Å². The van der Waals surface area contributed by atoms with E-state index >= 15 is 0 Å². The molecule has 0 fully saturated rings. The molecule has 0 radical (unpaired) electrons. The summed E-state index contributed by atoms with van der Waals surface area (Å²) in [7, 11) is 0. The van der Waals surface area contributed by atoms with Crippen molar-refractivity contribution in [2.24, 2.45) is 5.73 Å². The van der Waals surface area contributed by atoms with E-state index in [0.717, 1.165) is 12.0 Å². The van der Waals surface area contributed by atoms with Crippen molar-refractivity contribution >= 4 is 5.97 Å². The van der Waals surface area contributed by atoms with Gasteiger partial charge in [-0.3, -0.25) is 0 Å². The molecule has 0 aliphatic heterocycles. The second kappa shape index (κ2) is 6.80. The van der Waals surface area contributed by atoms with E-state index in [4.69, 9.17) is 10.5 Å². The minimum Gasteiger partial charge on any atom is -0.463 e. The highest BCUT2D eigenvalue weighted by molar-refractivity contribution is 5.81. The van der Waals surface area contributed by atoms with E-state index in [2.05, 4.69) is 0 Å². The van der Waals surface area contributed by atoms with Gasteiger partial charge in [-0.15, -0.1) is 0 Å². The molecule has 1 atom stereocenters. The summed E-state index contributed by atoms with van der Waals surface area (Å²) in [6.07, 6.45) is 3.78. The van der Waals surface area contributed by atoms with Crippen LogP contribution in [0.1, 0.15) is 12.5 Å².